The second kappa shape index (κ2) is 11.3. The molecule has 2 aliphatic rings. The van der Waals surface area contributed by atoms with Crippen LogP contribution < -0.4 is 15.5 Å². The molecule has 0 bridgehead atoms. The van der Waals surface area contributed by atoms with Crippen molar-refractivity contribution in [2.45, 2.75) is 64.8 Å². The van der Waals surface area contributed by atoms with Crippen LogP contribution in [0.1, 0.15) is 58.8 Å². The molecule has 7 heteroatoms. The number of hydrogen-bond acceptors (Lipinski definition) is 6. The number of nitrogens with one attached hydrogen (secondary N) is 2. The van der Waals surface area contributed by atoms with Gasteiger partial charge in [0.15, 0.2) is 0 Å². The Morgan fingerprint density at radius 1 is 1.21 bits per heavy atom. The molecule has 1 aromatic rings. The molecule has 0 saturated carbocycles. The Morgan fingerprint density at radius 3 is 2.90 bits per heavy atom. The first-order chi connectivity index (χ1) is 14.2. The maximum atomic E-state index is 12.4. The van der Waals surface area contributed by atoms with Gasteiger partial charge in [-0.05, 0) is 57.5 Å². The van der Waals surface area contributed by atoms with E-state index >= 15 is 0 Å². The maximum absolute atomic E-state index is 12.4. The van der Waals surface area contributed by atoms with Gasteiger partial charge in [-0.3, -0.25) is 9.69 Å². The summed E-state index contributed by atoms with van der Waals surface area (Å²) in [5.74, 6) is 2.65. The Kier molecular flexibility index (Phi) is 8.52. The van der Waals surface area contributed by atoms with Crippen LogP contribution in [0, 0.1) is 5.92 Å². The molecule has 162 valence electrons. The molecule has 0 spiro atoms. The number of likely N-dealkylation sites (N-methyl/N-ethyl adjacent to an activating group) is 1. The smallest absolute Gasteiger partial charge is 0.220 e. The summed E-state index contributed by atoms with van der Waals surface area (Å²) in [4.78, 5) is 26.0. The molecule has 7 nitrogen and oxygen atoms in total. The number of piperidine rings is 1. The summed E-state index contributed by atoms with van der Waals surface area (Å²) < 4.78 is 0. The van der Waals surface area contributed by atoms with Crippen molar-refractivity contribution in [3.8, 4) is 0 Å². The number of amides is 1. The lowest BCUT2D eigenvalue weighted by atomic mass is 9.93. The minimum Gasteiger partial charge on any atom is -0.370 e. The van der Waals surface area contributed by atoms with Crippen molar-refractivity contribution in [2.75, 3.05) is 49.5 Å². The summed E-state index contributed by atoms with van der Waals surface area (Å²) in [5.41, 5.74) is 0. The number of nitrogens with zero attached hydrogens (tertiary/aromatic N) is 4. The Balaban J connectivity index is 1.42. The molecule has 1 aromatic heterocycles. The van der Waals surface area contributed by atoms with E-state index in [0.29, 0.717) is 18.4 Å². The van der Waals surface area contributed by atoms with Crippen molar-refractivity contribution < 1.29 is 4.79 Å². The van der Waals surface area contributed by atoms with Crippen LogP contribution in [0.25, 0.3) is 0 Å². The van der Waals surface area contributed by atoms with Gasteiger partial charge in [-0.1, -0.05) is 13.8 Å². The summed E-state index contributed by atoms with van der Waals surface area (Å²) >= 11 is 0. The SMILES string of the molecule is CCCNc1cc(N2CCC[C@@H](CCC(=O)NC[C@H]3CCCN3CC)C2)ncn1. The molecule has 0 aliphatic carbocycles. The molecule has 2 atom stereocenters. The van der Waals surface area contributed by atoms with E-state index in [2.05, 4.69) is 44.2 Å². The van der Waals surface area contributed by atoms with E-state index in [1.54, 1.807) is 6.33 Å². The fraction of sp³-hybridized carbons (Fsp3) is 0.773. The number of aromatic nitrogens is 2. The van der Waals surface area contributed by atoms with Crippen molar-refractivity contribution in [3.63, 3.8) is 0 Å². The van der Waals surface area contributed by atoms with E-state index < -0.39 is 0 Å². The molecular weight excluding hydrogens is 364 g/mol. The van der Waals surface area contributed by atoms with Crippen LogP contribution in [0.4, 0.5) is 11.6 Å². The van der Waals surface area contributed by atoms with Gasteiger partial charge in [-0.2, -0.15) is 0 Å². The summed E-state index contributed by atoms with van der Waals surface area (Å²) in [7, 11) is 0. The first-order valence-electron chi connectivity index (χ1n) is 11.5. The highest BCUT2D eigenvalue weighted by molar-refractivity contribution is 5.75. The second-order valence-corrected chi connectivity index (χ2v) is 8.41. The maximum Gasteiger partial charge on any atom is 0.220 e. The third-order valence-electron chi connectivity index (χ3n) is 6.27. The highest BCUT2D eigenvalue weighted by atomic mass is 16.1. The van der Waals surface area contributed by atoms with E-state index in [1.165, 1.54) is 25.8 Å². The van der Waals surface area contributed by atoms with E-state index in [9.17, 15) is 4.79 Å². The van der Waals surface area contributed by atoms with Crippen LogP contribution in [0.15, 0.2) is 12.4 Å². The normalized spacial score (nSPS) is 22.6. The standard InChI is InChI=1S/C22H38N6O/c1-3-11-23-20-14-21(26-17-25-20)28-13-5-7-18(16-28)9-10-22(29)24-15-19-8-6-12-27(19)4-2/h14,17-19H,3-13,15-16H2,1-2H3,(H,24,29)(H,23,25,26)/t18-,19+/m0/s1. The number of likely N-dealkylation sites (tertiary alicyclic amines) is 1. The first kappa shape index (κ1) is 21.8. The Bertz CT molecular complexity index is 639. The topological polar surface area (TPSA) is 73.4 Å². The monoisotopic (exact) mass is 402 g/mol. The van der Waals surface area contributed by atoms with E-state index in [4.69, 9.17) is 0 Å². The lowest BCUT2D eigenvalue weighted by molar-refractivity contribution is -0.121. The molecule has 2 fully saturated rings. The van der Waals surface area contributed by atoms with Gasteiger partial charge in [0, 0.05) is 44.7 Å². The van der Waals surface area contributed by atoms with Gasteiger partial charge in [-0.15, -0.1) is 0 Å². The minimum atomic E-state index is 0.207. The number of anilines is 2. The number of rotatable bonds is 10. The third-order valence-corrected chi connectivity index (χ3v) is 6.27. The molecule has 0 radical (unpaired) electrons. The lowest BCUT2D eigenvalue weighted by Crippen LogP contribution is -2.40. The number of carbonyl (C=O) groups is 1. The van der Waals surface area contributed by atoms with Crippen molar-refractivity contribution in [1.29, 1.82) is 0 Å². The van der Waals surface area contributed by atoms with E-state index in [-0.39, 0.29) is 5.91 Å². The van der Waals surface area contributed by atoms with Crippen molar-refractivity contribution >= 4 is 17.5 Å². The summed E-state index contributed by atoms with van der Waals surface area (Å²) in [5, 5.41) is 6.51. The highest BCUT2D eigenvalue weighted by Gasteiger charge is 2.24. The number of hydrogen-bond donors (Lipinski definition) is 2. The van der Waals surface area contributed by atoms with Crippen LogP contribution in [-0.2, 0) is 4.79 Å². The summed E-state index contributed by atoms with van der Waals surface area (Å²) in [6.07, 6.45) is 9.12. The fourth-order valence-electron chi connectivity index (χ4n) is 4.58. The zero-order chi connectivity index (χ0) is 20.5. The molecule has 29 heavy (non-hydrogen) atoms. The predicted molar refractivity (Wildman–Crippen MR) is 118 cm³/mol. The largest absolute Gasteiger partial charge is 0.370 e. The van der Waals surface area contributed by atoms with Crippen LogP contribution >= 0.6 is 0 Å². The van der Waals surface area contributed by atoms with Gasteiger partial charge >= 0.3 is 0 Å². The zero-order valence-corrected chi connectivity index (χ0v) is 18.2. The molecule has 2 saturated heterocycles. The van der Waals surface area contributed by atoms with Gasteiger partial charge in [0.1, 0.15) is 18.0 Å². The van der Waals surface area contributed by atoms with Crippen molar-refractivity contribution in [3.05, 3.63) is 12.4 Å². The van der Waals surface area contributed by atoms with Gasteiger partial charge < -0.3 is 15.5 Å². The molecule has 3 rings (SSSR count). The molecule has 2 aliphatic heterocycles. The molecule has 1 amide bonds. The van der Waals surface area contributed by atoms with E-state index in [0.717, 1.165) is 63.6 Å². The van der Waals surface area contributed by atoms with Crippen molar-refractivity contribution in [2.24, 2.45) is 5.92 Å². The lowest BCUT2D eigenvalue weighted by Gasteiger charge is -2.33. The molecule has 0 unspecified atom stereocenters. The summed E-state index contributed by atoms with van der Waals surface area (Å²) in [6, 6.07) is 2.58. The first-order valence-corrected chi connectivity index (χ1v) is 11.5. The van der Waals surface area contributed by atoms with Crippen LogP contribution in [0.3, 0.4) is 0 Å². The van der Waals surface area contributed by atoms with Gasteiger partial charge in [0.25, 0.3) is 0 Å². The van der Waals surface area contributed by atoms with E-state index in [1.807, 2.05) is 6.07 Å². The minimum absolute atomic E-state index is 0.207. The van der Waals surface area contributed by atoms with Gasteiger partial charge in [0.2, 0.25) is 5.91 Å². The Hall–Kier alpha value is -1.89. The average Bonchev–Trinajstić information content (AvgIpc) is 3.23. The molecule has 0 aromatic carbocycles. The Morgan fingerprint density at radius 2 is 2.07 bits per heavy atom. The van der Waals surface area contributed by atoms with Gasteiger partial charge in [0.05, 0.1) is 0 Å². The molecule has 2 N–H and O–H groups in total. The second-order valence-electron chi connectivity index (χ2n) is 8.41. The molecule has 3 heterocycles. The number of carbonyl (C=O) groups excluding carboxylic acids is 1. The molecular formula is C22H38N6O. The van der Waals surface area contributed by atoms with Crippen molar-refractivity contribution in [1.82, 2.24) is 20.2 Å². The van der Waals surface area contributed by atoms with Crippen LogP contribution in [0.2, 0.25) is 0 Å². The average molecular weight is 403 g/mol. The highest BCUT2D eigenvalue weighted by Crippen LogP contribution is 2.25. The van der Waals surface area contributed by atoms with Crippen LogP contribution in [-0.4, -0.2) is 66.1 Å². The fourth-order valence-corrected chi connectivity index (χ4v) is 4.58. The van der Waals surface area contributed by atoms with Gasteiger partial charge in [-0.25, -0.2) is 9.97 Å². The zero-order valence-electron chi connectivity index (χ0n) is 18.2. The van der Waals surface area contributed by atoms with Crippen LogP contribution in [0.5, 0.6) is 0 Å². The predicted octanol–water partition coefficient (Wildman–Crippen LogP) is 2.90. The Labute approximate surface area is 175 Å². The summed E-state index contributed by atoms with van der Waals surface area (Å²) in [6.45, 7) is 10.3. The third kappa shape index (κ3) is 6.56. The quantitative estimate of drug-likeness (QED) is 0.627.